The van der Waals surface area contributed by atoms with Crippen molar-refractivity contribution in [2.24, 2.45) is 5.92 Å². The fourth-order valence-corrected chi connectivity index (χ4v) is 5.27. The highest BCUT2D eigenvalue weighted by atomic mass is 16.5. The maximum atomic E-state index is 13.6. The lowest BCUT2D eigenvalue weighted by Crippen LogP contribution is -2.50. The van der Waals surface area contributed by atoms with Crippen LogP contribution in [0.5, 0.6) is 5.75 Å². The maximum absolute atomic E-state index is 13.6. The second-order valence-corrected chi connectivity index (χ2v) is 9.40. The first-order valence-corrected chi connectivity index (χ1v) is 12.6. The molecule has 1 saturated heterocycles. The van der Waals surface area contributed by atoms with Crippen LogP contribution in [0.1, 0.15) is 49.4 Å². The Hall–Kier alpha value is -2.86. The summed E-state index contributed by atoms with van der Waals surface area (Å²) >= 11 is 0. The molecule has 2 aliphatic rings. The molecule has 0 atom stereocenters. The van der Waals surface area contributed by atoms with Gasteiger partial charge in [-0.3, -0.25) is 14.5 Å². The number of Topliss-reactive ketones (excluding diaryl/α,β-unsaturated/α-hetero) is 1. The molecule has 6 nitrogen and oxygen atoms in total. The van der Waals surface area contributed by atoms with E-state index in [1.165, 1.54) is 6.42 Å². The largest absolute Gasteiger partial charge is 0.495 e. The van der Waals surface area contributed by atoms with E-state index in [0.717, 1.165) is 75.5 Å². The van der Waals surface area contributed by atoms with E-state index in [4.69, 9.17) is 4.74 Å². The van der Waals surface area contributed by atoms with E-state index in [2.05, 4.69) is 15.9 Å². The summed E-state index contributed by atoms with van der Waals surface area (Å²) in [6.45, 7) is 6.68. The third-order valence-corrected chi connectivity index (χ3v) is 7.23. The molecule has 1 saturated carbocycles. The topological polar surface area (TPSA) is 53.1 Å². The Balaban J connectivity index is 1.44. The molecule has 0 bridgehead atoms. The van der Waals surface area contributed by atoms with Crippen LogP contribution >= 0.6 is 0 Å². The summed E-state index contributed by atoms with van der Waals surface area (Å²) in [6, 6.07) is 15.7. The molecule has 182 valence electrons. The zero-order chi connectivity index (χ0) is 23.9. The van der Waals surface area contributed by atoms with Gasteiger partial charge in [0.2, 0.25) is 5.91 Å². The van der Waals surface area contributed by atoms with Gasteiger partial charge in [-0.05, 0) is 44.0 Å². The van der Waals surface area contributed by atoms with Gasteiger partial charge in [0, 0.05) is 50.7 Å². The second-order valence-electron chi connectivity index (χ2n) is 9.40. The van der Waals surface area contributed by atoms with Gasteiger partial charge in [-0.25, -0.2) is 0 Å². The number of carbonyl (C=O) groups is 2. The van der Waals surface area contributed by atoms with Crippen LogP contribution in [-0.4, -0.2) is 63.0 Å². The first kappa shape index (κ1) is 24.3. The minimum atomic E-state index is 0.00228. The van der Waals surface area contributed by atoms with E-state index in [1.807, 2.05) is 47.4 Å². The summed E-state index contributed by atoms with van der Waals surface area (Å²) in [6.07, 6.45) is 5.35. The minimum absolute atomic E-state index is 0.00228. The number of benzene rings is 2. The quantitative estimate of drug-likeness (QED) is 0.534. The number of anilines is 2. The van der Waals surface area contributed by atoms with Crippen molar-refractivity contribution in [3.05, 3.63) is 54.1 Å². The van der Waals surface area contributed by atoms with Crippen LogP contribution in [0.15, 0.2) is 48.5 Å². The molecule has 0 unspecified atom stereocenters. The van der Waals surface area contributed by atoms with Crippen LogP contribution in [-0.2, 0) is 4.79 Å². The van der Waals surface area contributed by atoms with Gasteiger partial charge in [-0.15, -0.1) is 0 Å². The number of hydrogen-bond acceptors (Lipinski definition) is 5. The number of hydrogen-bond donors (Lipinski definition) is 0. The third kappa shape index (κ3) is 5.61. The molecule has 0 spiro atoms. The van der Waals surface area contributed by atoms with Crippen LogP contribution in [0.3, 0.4) is 0 Å². The van der Waals surface area contributed by atoms with E-state index in [9.17, 15) is 9.59 Å². The van der Waals surface area contributed by atoms with E-state index < -0.39 is 0 Å². The van der Waals surface area contributed by atoms with Crippen molar-refractivity contribution in [2.45, 2.75) is 39.0 Å². The van der Waals surface area contributed by atoms with E-state index >= 15 is 0 Å². The zero-order valence-corrected chi connectivity index (χ0v) is 20.5. The summed E-state index contributed by atoms with van der Waals surface area (Å²) in [5.41, 5.74) is 2.53. The number of carbonyl (C=O) groups excluding carboxylic acids is 2. The van der Waals surface area contributed by atoms with E-state index in [0.29, 0.717) is 12.1 Å². The molecule has 0 N–H and O–H groups in total. The number of piperazine rings is 1. The summed E-state index contributed by atoms with van der Waals surface area (Å²) in [5, 5.41) is 0. The highest BCUT2D eigenvalue weighted by Gasteiger charge is 2.29. The standard InChI is InChI=1S/C28H37N3O3/c1-22(32)24-12-6-7-13-25(24)31(28(33)23-10-4-3-5-11-23)21-18-29-16-19-30(20-17-29)26-14-8-9-15-27(26)34-2/h6-9,12-15,23H,3-5,10-11,16-21H2,1-2H3. The summed E-state index contributed by atoms with van der Waals surface area (Å²) in [4.78, 5) is 32.7. The van der Waals surface area contributed by atoms with Crippen molar-refractivity contribution in [3.63, 3.8) is 0 Å². The Morgan fingerprint density at radius 3 is 2.32 bits per heavy atom. The number of nitrogens with zero attached hydrogens (tertiary/aromatic N) is 3. The van der Waals surface area contributed by atoms with Crippen molar-refractivity contribution < 1.29 is 14.3 Å². The highest BCUT2D eigenvalue weighted by Crippen LogP contribution is 2.30. The van der Waals surface area contributed by atoms with Crippen molar-refractivity contribution in [3.8, 4) is 5.75 Å². The minimum Gasteiger partial charge on any atom is -0.495 e. The fourth-order valence-electron chi connectivity index (χ4n) is 5.27. The summed E-state index contributed by atoms with van der Waals surface area (Å²) < 4.78 is 5.54. The average molecular weight is 464 g/mol. The summed E-state index contributed by atoms with van der Waals surface area (Å²) in [7, 11) is 1.71. The Morgan fingerprint density at radius 2 is 1.62 bits per heavy atom. The van der Waals surface area contributed by atoms with Gasteiger partial charge in [-0.2, -0.15) is 0 Å². The van der Waals surface area contributed by atoms with Gasteiger partial charge >= 0.3 is 0 Å². The predicted molar refractivity (Wildman–Crippen MR) is 137 cm³/mol. The van der Waals surface area contributed by atoms with Gasteiger partial charge in [0.05, 0.1) is 18.5 Å². The van der Waals surface area contributed by atoms with Gasteiger partial charge in [0.25, 0.3) is 0 Å². The van der Waals surface area contributed by atoms with Gasteiger partial charge in [0.1, 0.15) is 5.75 Å². The fraction of sp³-hybridized carbons (Fsp3) is 0.500. The Labute approximate surface area is 203 Å². The van der Waals surface area contributed by atoms with Crippen molar-refractivity contribution >= 4 is 23.1 Å². The van der Waals surface area contributed by atoms with E-state index in [1.54, 1.807) is 14.0 Å². The average Bonchev–Trinajstić information content (AvgIpc) is 2.89. The molecule has 4 rings (SSSR count). The van der Waals surface area contributed by atoms with Crippen LogP contribution in [0.25, 0.3) is 0 Å². The predicted octanol–water partition coefficient (Wildman–Crippen LogP) is 4.63. The van der Waals surface area contributed by atoms with Crippen LogP contribution < -0.4 is 14.5 Å². The lowest BCUT2D eigenvalue weighted by atomic mass is 9.88. The normalized spacial score (nSPS) is 17.4. The number of rotatable bonds is 8. The molecular weight excluding hydrogens is 426 g/mol. The first-order chi connectivity index (χ1) is 16.6. The SMILES string of the molecule is COc1ccccc1N1CCN(CCN(C(=O)C2CCCCC2)c2ccccc2C(C)=O)CC1. The maximum Gasteiger partial charge on any atom is 0.230 e. The number of ketones is 1. The Bertz CT molecular complexity index is 978. The smallest absolute Gasteiger partial charge is 0.230 e. The van der Waals surface area contributed by atoms with Crippen molar-refractivity contribution in [1.29, 1.82) is 0 Å². The lowest BCUT2D eigenvalue weighted by molar-refractivity contribution is -0.123. The van der Waals surface area contributed by atoms with Gasteiger partial charge < -0.3 is 14.5 Å². The molecule has 0 radical (unpaired) electrons. The molecule has 34 heavy (non-hydrogen) atoms. The Kier molecular flexibility index (Phi) is 8.22. The first-order valence-electron chi connectivity index (χ1n) is 12.6. The molecule has 2 aromatic rings. The number of ether oxygens (including phenoxy) is 1. The molecule has 2 fully saturated rings. The molecule has 2 aromatic carbocycles. The molecule has 6 heteroatoms. The van der Waals surface area contributed by atoms with E-state index in [-0.39, 0.29) is 17.6 Å². The number of amides is 1. The monoisotopic (exact) mass is 463 g/mol. The third-order valence-electron chi connectivity index (χ3n) is 7.23. The molecule has 0 aromatic heterocycles. The lowest BCUT2D eigenvalue weighted by Gasteiger charge is -2.38. The number of methoxy groups -OCH3 is 1. The number of para-hydroxylation sites is 3. The second kappa shape index (κ2) is 11.5. The van der Waals surface area contributed by atoms with Gasteiger partial charge in [-0.1, -0.05) is 43.5 Å². The van der Waals surface area contributed by atoms with Crippen molar-refractivity contribution in [1.82, 2.24) is 4.90 Å². The highest BCUT2D eigenvalue weighted by molar-refractivity contribution is 6.05. The molecular formula is C28H37N3O3. The Morgan fingerprint density at radius 1 is 0.941 bits per heavy atom. The zero-order valence-electron chi connectivity index (χ0n) is 20.5. The van der Waals surface area contributed by atoms with Crippen LogP contribution in [0, 0.1) is 5.92 Å². The van der Waals surface area contributed by atoms with Gasteiger partial charge in [0.15, 0.2) is 5.78 Å². The molecule has 1 amide bonds. The summed E-state index contributed by atoms with van der Waals surface area (Å²) in [5.74, 6) is 1.15. The molecule has 1 aliphatic carbocycles. The molecule has 1 heterocycles. The molecule has 1 aliphatic heterocycles. The van der Waals surface area contributed by atoms with Crippen LogP contribution in [0.2, 0.25) is 0 Å². The van der Waals surface area contributed by atoms with Crippen LogP contribution in [0.4, 0.5) is 11.4 Å². The van der Waals surface area contributed by atoms with Crippen molar-refractivity contribution in [2.75, 3.05) is 56.2 Å².